The third-order valence-corrected chi connectivity index (χ3v) is 3.89. The number of aryl methyl sites for hydroxylation is 1. The van der Waals surface area contributed by atoms with Crippen LogP contribution in [0.4, 0.5) is 0 Å². The number of benzene rings is 1. The van der Waals surface area contributed by atoms with Gasteiger partial charge in [0.25, 0.3) is 5.91 Å². The maximum atomic E-state index is 12.2. The van der Waals surface area contributed by atoms with E-state index in [1.54, 1.807) is 10.9 Å². The van der Waals surface area contributed by atoms with E-state index < -0.39 is 0 Å². The first-order valence-corrected chi connectivity index (χ1v) is 7.94. The largest absolute Gasteiger partial charge is 0.350 e. The van der Waals surface area contributed by atoms with E-state index in [-0.39, 0.29) is 11.3 Å². The topological polar surface area (TPSA) is 85.8 Å². The van der Waals surface area contributed by atoms with Gasteiger partial charge in [-0.2, -0.15) is 0 Å². The predicted octanol–water partition coefficient (Wildman–Crippen LogP) is 1.99. The summed E-state index contributed by atoms with van der Waals surface area (Å²) < 4.78 is 1.63. The molecule has 0 saturated heterocycles. The molecular weight excluding hydrogens is 314 g/mol. The third kappa shape index (κ3) is 4.77. The third-order valence-electron chi connectivity index (χ3n) is 3.66. The van der Waals surface area contributed by atoms with E-state index in [0.717, 1.165) is 12.0 Å². The standard InChI is InChI=1S/C16H22ClN5O/c1-16(2,12-5-3-6-13(17)9-12)11-19-15(23)14-10-22(21-20-14)8-4-7-18/h3,5-6,9-10H,4,7-8,11,18H2,1-2H3,(H,19,23). The van der Waals surface area contributed by atoms with Gasteiger partial charge >= 0.3 is 0 Å². The molecule has 1 aromatic heterocycles. The van der Waals surface area contributed by atoms with Gasteiger partial charge in [0.2, 0.25) is 0 Å². The van der Waals surface area contributed by atoms with Crippen LogP contribution in [0.2, 0.25) is 5.02 Å². The molecule has 1 amide bonds. The molecule has 23 heavy (non-hydrogen) atoms. The number of carbonyl (C=O) groups excluding carboxylic acids is 1. The molecule has 0 bridgehead atoms. The summed E-state index contributed by atoms with van der Waals surface area (Å²) in [5, 5.41) is 11.4. The van der Waals surface area contributed by atoms with E-state index in [9.17, 15) is 4.79 Å². The maximum Gasteiger partial charge on any atom is 0.273 e. The van der Waals surface area contributed by atoms with Crippen LogP contribution in [0.3, 0.4) is 0 Å². The molecule has 0 aliphatic carbocycles. The Morgan fingerprint density at radius 1 is 1.43 bits per heavy atom. The van der Waals surface area contributed by atoms with Crippen molar-refractivity contribution in [3.63, 3.8) is 0 Å². The van der Waals surface area contributed by atoms with Crippen molar-refractivity contribution >= 4 is 17.5 Å². The molecule has 0 aliphatic heterocycles. The van der Waals surface area contributed by atoms with Gasteiger partial charge in [-0.05, 0) is 30.7 Å². The molecule has 0 spiro atoms. The van der Waals surface area contributed by atoms with Gasteiger partial charge in [0.15, 0.2) is 5.69 Å². The number of halogens is 1. The summed E-state index contributed by atoms with van der Waals surface area (Å²) >= 11 is 6.04. The second-order valence-corrected chi connectivity index (χ2v) is 6.52. The Morgan fingerprint density at radius 3 is 2.91 bits per heavy atom. The quantitative estimate of drug-likeness (QED) is 0.810. The Labute approximate surface area is 141 Å². The molecule has 0 aliphatic rings. The lowest BCUT2D eigenvalue weighted by Gasteiger charge is -2.25. The van der Waals surface area contributed by atoms with Crippen molar-refractivity contribution < 1.29 is 4.79 Å². The minimum absolute atomic E-state index is 0.237. The van der Waals surface area contributed by atoms with Gasteiger partial charge in [0.1, 0.15) is 0 Å². The average molecular weight is 336 g/mol. The van der Waals surface area contributed by atoms with E-state index in [1.165, 1.54) is 0 Å². The summed E-state index contributed by atoms with van der Waals surface area (Å²) in [6, 6.07) is 7.65. The molecule has 1 aromatic carbocycles. The molecule has 6 nitrogen and oxygen atoms in total. The molecule has 2 rings (SSSR count). The minimum atomic E-state index is -0.240. The Morgan fingerprint density at radius 2 is 2.22 bits per heavy atom. The highest BCUT2D eigenvalue weighted by Crippen LogP contribution is 2.24. The van der Waals surface area contributed by atoms with Crippen molar-refractivity contribution in [2.75, 3.05) is 13.1 Å². The molecule has 7 heteroatoms. The van der Waals surface area contributed by atoms with Crippen LogP contribution in [-0.4, -0.2) is 34.0 Å². The Bertz CT molecular complexity index is 668. The zero-order valence-electron chi connectivity index (χ0n) is 13.4. The summed E-state index contributed by atoms with van der Waals surface area (Å²) in [5.41, 5.74) is 6.59. The van der Waals surface area contributed by atoms with Crippen LogP contribution in [0.25, 0.3) is 0 Å². The van der Waals surface area contributed by atoms with Crippen LogP contribution in [0.1, 0.15) is 36.3 Å². The zero-order valence-corrected chi connectivity index (χ0v) is 14.2. The first kappa shape index (κ1) is 17.4. The summed E-state index contributed by atoms with van der Waals surface area (Å²) in [7, 11) is 0. The highest BCUT2D eigenvalue weighted by molar-refractivity contribution is 6.30. The first-order chi connectivity index (χ1) is 10.9. The summed E-state index contributed by atoms with van der Waals surface area (Å²) in [5.74, 6) is -0.237. The van der Waals surface area contributed by atoms with Crippen molar-refractivity contribution in [2.24, 2.45) is 5.73 Å². The SMILES string of the molecule is CC(C)(CNC(=O)c1cn(CCCN)nn1)c1cccc(Cl)c1. The normalized spacial score (nSPS) is 11.5. The van der Waals surface area contributed by atoms with Crippen molar-refractivity contribution in [1.29, 1.82) is 0 Å². The molecule has 2 aromatic rings. The van der Waals surface area contributed by atoms with Gasteiger partial charge in [-0.1, -0.05) is 42.8 Å². The van der Waals surface area contributed by atoms with Crippen LogP contribution in [-0.2, 0) is 12.0 Å². The van der Waals surface area contributed by atoms with Gasteiger partial charge in [0.05, 0.1) is 6.20 Å². The van der Waals surface area contributed by atoms with Crippen LogP contribution >= 0.6 is 11.6 Å². The van der Waals surface area contributed by atoms with E-state index in [2.05, 4.69) is 29.5 Å². The number of hydrogen-bond donors (Lipinski definition) is 2. The van der Waals surface area contributed by atoms with Crippen LogP contribution in [0.15, 0.2) is 30.5 Å². The van der Waals surface area contributed by atoms with E-state index >= 15 is 0 Å². The molecule has 0 atom stereocenters. The van der Waals surface area contributed by atoms with Crippen molar-refractivity contribution in [3.8, 4) is 0 Å². The molecule has 1 heterocycles. The number of aromatic nitrogens is 3. The smallest absolute Gasteiger partial charge is 0.273 e. The molecule has 3 N–H and O–H groups in total. The number of amides is 1. The van der Waals surface area contributed by atoms with Crippen molar-refractivity contribution in [1.82, 2.24) is 20.3 Å². The van der Waals surface area contributed by atoms with E-state index in [4.69, 9.17) is 17.3 Å². The van der Waals surface area contributed by atoms with Gasteiger partial charge in [-0.3, -0.25) is 9.48 Å². The molecule has 0 unspecified atom stereocenters. The van der Waals surface area contributed by atoms with Gasteiger partial charge < -0.3 is 11.1 Å². The maximum absolute atomic E-state index is 12.2. The van der Waals surface area contributed by atoms with Gasteiger partial charge in [-0.25, -0.2) is 0 Å². The monoisotopic (exact) mass is 335 g/mol. The number of nitrogens with two attached hydrogens (primary N) is 1. The fourth-order valence-electron chi connectivity index (χ4n) is 2.17. The molecule has 0 fully saturated rings. The Balaban J connectivity index is 1.96. The summed E-state index contributed by atoms with van der Waals surface area (Å²) in [6.45, 7) is 5.82. The molecular formula is C16H22ClN5O. The molecule has 0 radical (unpaired) electrons. The lowest BCUT2D eigenvalue weighted by Crippen LogP contribution is -2.36. The molecule has 124 valence electrons. The van der Waals surface area contributed by atoms with Crippen LogP contribution in [0.5, 0.6) is 0 Å². The van der Waals surface area contributed by atoms with Gasteiger partial charge in [0, 0.05) is 23.5 Å². The highest BCUT2D eigenvalue weighted by atomic mass is 35.5. The number of carbonyl (C=O) groups is 1. The average Bonchev–Trinajstić information content (AvgIpc) is 2.99. The molecule has 0 saturated carbocycles. The second kappa shape index (κ2) is 7.57. The summed E-state index contributed by atoms with van der Waals surface area (Å²) in [6.07, 6.45) is 2.43. The Kier molecular flexibility index (Phi) is 5.74. The highest BCUT2D eigenvalue weighted by Gasteiger charge is 2.22. The van der Waals surface area contributed by atoms with E-state index in [1.807, 2.05) is 24.3 Å². The fourth-order valence-corrected chi connectivity index (χ4v) is 2.36. The first-order valence-electron chi connectivity index (χ1n) is 7.57. The summed E-state index contributed by atoms with van der Waals surface area (Å²) in [4.78, 5) is 12.2. The lowest BCUT2D eigenvalue weighted by atomic mass is 9.84. The van der Waals surface area contributed by atoms with Crippen LogP contribution in [0, 0.1) is 0 Å². The lowest BCUT2D eigenvalue weighted by molar-refractivity contribution is 0.0940. The van der Waals surface area contributed by atoms with Crippen molar-refractivity contribution in [2.45, 2.75) is 32.2 Å². The number of rotatable bonds is 7. The van der Waals surface area contributed by atoms with E-state index in [0.29, 0.717) is 30.4 Å². The van der Waals surface area contributed by atoms with Crippen molar-refractivity contribution in [3.05, 3.63) is 46.7 Å². The predicted molar refractivity (Wildman–Crippen MR) is 90.5 cm³/mol. The van der Waals surface area contributed by atoms with Crippen LogP contribution < -0.4 is 11.1 Å². The number of nitrogens with one attached hydrogen (secondary N) is 1. The fraction of sp³-hybridized carbons (Fsp3) is 0.438. The Hall–Kier alpha value is -1.92. The number of nitrogens with zero attached hydrogens (tertiary/aromatic N) is 3. The minimum Gasteiger partial charge on any atom is -0.350 e. The zero-order chi connectivity index (χ0) is 16.9. The van der Waals surface area contributed by atoms with Gasteiger partial charge in [-0.15, -0.1) is 5.10 Å². The number of hydrogen-bond acceptors (Lipinski definition) is 4. The second-order valence-electron chi connectivity index (χ2n) is 6.09.